The van der Waals surface area contributed by atoms with Gasteiger partial charge in [0.1, 0.15) is 6.04 Å². The summed E-state index contributed by atoms with van der Waals surface area (Å²) in [6.45, 7) is 3.57. The molecule has 34 heavy (non-hydrogen) atoms. The normalized spacial score (nSPS) is 13.8. The van der Waals surface area contributed by atoms with E-state index in [2.05, 4.69) is 16.0 Å². The van der Waals surface area contributed by atoms with Gasteiger partial charge in [-0.3, -0.25) is 28.9 Å². The second-order valence-corrected chi connectivity index (χ2v) is 7.98. The molecule has 0 spiro atoms. The van der Waals surface area contributed by atoms with Crippen molar-refractivity contribution in [3.05, 3.63) is 42.0 Å². The molecule has 0 aliphatic carbocycles. The van der Waals surface area contributed by atoms with E-state index in [9.17, 15) is 24.0 Å². The van der Waals surface area contributed by atoms with Gasteiger partial charge in [-0.15, -0.1) is 0 Å². The van der Waals surface area contributed by atoms with E-state index in [4.69, 9.17) is 12.6 Å². The van der Waals surface area contributed by atoms with Crippen molar-refractivity contribution in [2.45, 2.75) is 32.6 Å². The largest absolute Gasteiger partial charge is 0.379 e. The number of nitrogens with one attached hydrogen (secondary N) is 3. The summed E-state index contributed by atoms with van der Waals surface area (Å²) in [6.07, 6.45) is 2.78. The molecule has 1 aliphatic rings. The van der Waals surface area contributed by atoms with Crippen LogP contribution >= 0.6 is 0 Å². The van der Waals surface area contributed by atoms with E-state index in [1.807, 2.05) is 0 Å². The van der Waals surface area contributed by atoms with Crippen molar-refractivity contribution >= 4 is 43.1 Å². The molecule has 0 fully saturated rings. The van der Waals surface area contributed by atoms with Crippen LogP contribution in [0.4, 0.5) is 5.69 Å². The van der Waals surface area contributed by atoms with Crippen LogP contribution < -0.4 is 16.0 Å². The molecule has 0 bridgehead atoms. The summed E-state index contributed by atoms with van der Waals surface area (Å²) in [7, 11) is 5.54. The van der Waals surface area contributed by atoms with Crippen molar-refractivity contribution in [2.24, 2.45) is 5.92 Å². The summed E-state index contributed by atoms with van der Waals surface area (Å²) in [5, 5.41) is 7.86. The van der Waals surface area contributed by atoms with E-state index in [1.54, 1.807) is 38.1 Å². The third-order valence-electron chi connectivity index (χ3n) is 5.00. The molecule has 1 heterocycles. The van der Waals surface area contributed by atoms with Crippen molar-refractivity contribution in [1.82, 2.24) is 15.5 Å². The molecule has 0 saturated heterocycles. The smallest absolute Gasteiger partial charge is 0.253 e. The van der Waals surface area contributed by atoms with E-state index in [0.29, 0.717) is 12.0 Å². The second-order valence-electron chi connectivity index (χ2n) is 7.98. The zero-order chi connectivity index (χ0) is 25.1. The van der Waals surface area contributed by atoms with Gasteiger partial charge >= 0.3 is 0 Å². The number of rotatable bonds is 13. The fourth-order valence-electron chi connectivity index (χ4n) is 3.06. The van der Waals surface area contributed by atoms with Gasteiger partial charge in [0.25, 0.3) is 11.8 Å². The molecule has 1 aromatic rings. The molecule has 1 aliphatic heterocycles. The summed E-state index contributed by atoms with van der Waals surface area (Å²) < 4.78 is 5.32. The highest BCUT2D eigenvalue weighted by atomic mass is 16.5. The molecule has 2 radical (unpaired) electrons. The molecule has 2 rings (SSSR count). The van der Waals surface area contributed by atoms with Crippen molar-refractivity contribution in [1.29, 1.82) is 0 Å². The molecular formula is C23H29BN4O6. The fourth-order valence-corrected chi connectivity index (χ4v) is 3.06. The Bertz CT molecular complexity index is 914. The Morgan fingerprint density at radius 1 is 1.00 bits per heavy atom. The molecule has 5 amide bonds. The van der Waals surface area contributed by atoms with Crippen LogP contribution in [-0.2, 0) is 35.0 Å². The van der Waals surface area contributed by atoms with E-state index < -0.39 is 35.6 Å². The van der Waals surface area contributed by atoms with Gasteiger partial charge in [-0.1, -0.05) is 37.9 Å². The second kappa shape index (κ2) is 13.3. The maximum atomic E-state index is 12.5. The van der Waals surface area contributed by atoms with Crippen LogP contribution in [-0.4, -0.2) is 74.6 Å². The Balaban J connectivity index is 1.69. The Morgan fingerprint density at radius 2 is 1.65 bits per heavy atom. The first kappa shape index (κ1) is 26.8. The number of nitrogens with zero attached hydrogens (tertiary/aromatic N) is 1. The molecule has 0 aromatic heterocycles. The number of benzene rings is 1. The minimum absolute atomic E-state index is 0.00404. The van der Waals surface area contributed by atoms with E-state index >= 15 is 0 Å². The lowest BCUT2D eigenvalue weighted by Gasteiger charge is -2.21. The highest BCUT2D eigenvalue weighted by molar-refractivity contribution is 6.12. The van der Waals surface area contributed by atoms with Crippen molar-refractivity contribution in [3.63, 3.8) is 0 Å². The number of imide groups is 1. The zero-order valence-corrected chi connectivity index (χ0v) is 19.3. The van der Waals surface area contributed by atoms with Gasteiger partial charge in [0, 0.05) is 24.3 Å². The Morgan fingerprint density at radius 3 is 2.24 bits per heavy atom. The minimum Gasteiger partial charge on any atom is -0.379 e. The van der Waals surface area contributed by atoms with Crippen LogP contribution in [0.1, 0.15) is 25.8 Å². The van der Waals surface area contributed by atoms with Crippen LogP contribution in [0.5, 0.6) is 0 Å². The molecule has 1 aromatic carbocycles. The van der Waals surface area contributed by atoms with Crippen LogP contribution in [0.3, 0.4) is 0 Å². The number of amides is 5. The highest BCUT2D eigenvalue weighted by Gasteiger charge is 2.25. The van der Waals surface area contributed by atoms with Crippen molar-refractivity contribution < 1.29 is 28.7 Å². The number of hydrogen-bond acceptors (Lipinski definition) is 6. The van der Waals surface area contributed by atoms with Crippen molar-refractivity contribution in [3.8, 4) is 0 Å². The summed E-state index contributed by atoms with van der Waals surface area (Å²) in [5.74, 6) is -2.27. The van der Waals surface area contributed by atoms with Gasteiger partial charge < -0.3 is 20.7 Å². The topological polar surface area (TPSA) is 134 Å². The third-order valence-corrected chi connectivity index (χ3v) is 5.00. The number of hydrogen-bond donors (Lipinski definition) is 3. The van der Waals surface area contributed by atoms with Crippen LogP contribution in [0.2, 0.25) is 0 Å². The SMILES string of the molecule is [B]Cc1ccc(NC(=O)CNC(=O)C(NC(=O)CCOCCN2C(=O)C=CC2=O)C(C)C)cc1. The molecule has 0 saturated carbocycles. The Hall–Kier alpha value is -3.47. The standard InChI is InChI=1S/C23H29BN4O6/c1-15(2)22(23(33)25-14-19(30)26-17-5-3-16(13-24)4-6-17)27-18(29)9-11-34-12-10-28-20(31)7-8-21(28)32/h3-8,15,22H,9-14H2,1-2H3,(H,25,33)(H,26,30)(H,27,29). The molecule has 1 unspecified atom stereocenters. The maximum absolute atomic E-state index is 12.5. The number of ether oxygens (including phenoxy) is 1. The number of carbonyl (C=O) groups is 5. The molecule has 3 N–H and O–H groups in total. The lowest BCUT2D eigenvalue weighted by atomic mass is 9.97. The van der Waals surface area contributed by atoms with E-state index in [-0.39, 0.29) is 38.6 Å². The average molecular weight is 468 g/mol. The predicted molar refractivity (Wildman–Crippen MR) is 126 cm³/mol. The van der Waals surface area contributed by atoms with Gasteiger partial charge in [-0.25, -0.2) is 0 Å². The monoisotopic (exact) mass is 468 g/mol. The molecular weight excluding hydrogens is 439 g/mol. The summed E-state index contributed by atoms with van der Waals surface area (Å²) in [4.78, 5) is 60.8. The van der Waals surface area contributed by atoms with Gasteiger partial charge in [0.05, 0.1) is 34.1 Å². The molecule has 1 atom stereocenters. The van der Waals surface area contributed by atoms with E-state index in [0.717, 1.165) is 10.5 Å². The molecule has 11 heteroatoms. The quantitative estimate of drug-likeness (QED) is 0.210. The van der Waals surface area contributed by atoms with Gasteiger partial charge in [-0.05, 0) is 18.1 Å². The molecule has 10 nitrogen and oxygen atoms in total. The molecule has 180 valence electrons. The number of carbonyl (C=O) groups excluding carboxylic acids is 5. The average Bonchev–Trinajstić information content (AvgIpc) is 3.13. The fraction of sp³-hybridized carbons (Fsp3) is 0.435. The first-order valence-electron chi connectivity index (χ1n) is 11.0. The summed E-state index contributed by atoms with van der Waals surface area (Å²) in [5.41, 5.74) is 1.52. The van der Waals surface area contributed by atoms with Gasteiger partial charge in [-0.2, -0.15) is 0 Å². The zero-order valence-electron chi connectivity index (χ0n) is 19.3. The maximum Gasteiger partial charge on any atom is 0.253 e. The first-order chi connectivity index (χ1) is 16.2. The highest BCUT2D eigenvalue weighted by Crippen LogP contribution is 2.09. The van der Waals surface area contributed by atoms with Crippen LogP contribution in [0, 0.1) is 5.92 Å². The van der Waals surface area contributed by atoms with E-state index in [1.165, 1.54) is 12.2 Å². The first-order valence-corrected chi connectivity index (χ1v) is 11.0. The summed E-state index contributed by atoms with van der Waals surface area (Å²) in [6, 6.07) is 6.21. The van der Waals surface area contributed by atoms with Crippen LogP contribution in [0.25, 0.3) is 0 Å². The summed E-state index contributed by atoms with van der Waals surface area (Å²) >= 11 is 0. The van der Waals surface area contributed by atoms with Gasteiger partial charge in [0.2, 0.25) is 17.7 Å². The third kappa shape index (κ3) is 8.47. The lowest BCUT2D eigenvalue weighted by Crippen LogP contribution is -2.51. The number of anilines is 1. The van der Waals surface area contributed by atoms with Gasteiger partial charge in [0.15, 0.2) is 0 Å². The minimum atomic E-state index is -0.824. The predicted octanol–water partition coefficient (Wildman–Crippen LogP) is -0.118. The van der Waals surface area contributed by atoms with Crippen LogP contribution in [0.15, 0.2) is 36.4 Å². The van der Waals surface area contributed by atoms with Crippen molar-refractivity contribution in [2.75, 3.05) is 31.6 Å². The lowest BCUT2D eigenvalue weighted by molar-refractivity contribution is -0.138. The Labute approximate surface area is 199 Å². The Kier molecular flexibility index (Phi) is 10.5.